The molecule has 7 nitrogen and oxygen atoms in total. The van der Waals surface area contributed by atoms with E-state index in [9.17, 15) is 13.2 Å². The van der Waals surface area contributed by atoms with Crippen molar-refractivity contribution in [3.63, 3.8) is 0 Å². The van der Waals surface area contributed by atoms with E-state index in [1.807, 2.05) is 61.2 Å². The Morgan fingerprint density at radius 3 is 2.36 bits per heavy atom. The number of ether oxygens (including phenoxy) is 4. The van der Waals surface area contributed by atoms with Crippen molar-refractivity contribution in [3.05, 3.63) is 89.2 Å². The molecule has 0 spiro atoms. The molecule has 0 N–H and O–H groups in total. The minimum Gasteiger partial charge on any atom is -0.496 e. The molecule has 0 aliphatic carbocycles. The highest BCUT2D eigenvalue weighted by Crippen LogP contribution is 2.39. The molecule has 0 radical (unpaired) electrons. The summed E-state index contributed by atoms with van der Waals surface area (Å²) in [5.74, 6) is 2.72. The molecule has 44 heavy (non-hydrogen) atoms. The zero-order valence-corrected chi connectivity index (χ0v) is 25.3. The van der Waals surface area contributed by atoms with Gasteiger partial charge < -0.3 is 23.5 Å². The number of fused-ring (bicyclic) bond motifs is 1. The largest absolute Gasteiger partial charge is 0.496 e. The van der Waals surface area contributed by atoms with Gasteiger partial charge in [-0.2, -0.15) is 13.2 Å². The molecular formula is C34H38F3N3O4. The molecule has 1 aliphatic heterocycles. The van der Waals surface area contributed by atoms with Crippen molar-refractivity contribution in [2.45, 2.75) is 59.0 Å². The molecule has 0 unspecified atom stereocenters. The van der Waals surface area contributed by atoms with E-state index in [0.29, 0.717) is 74.4 Å². The van der Waals surface area contributed by atoms with Gasteiger partial charge in [-0.3, -0.25) is 4.90 Å². The molecule has 234 valence electrons. The van der Waals surface area contributed by atoms with Crippen molar-refractivity contribution < 1.29 is 32.1 Å². The van der Waals surface area contributed by atoms with Gasteiger partial charge in [-0.1, -0.05) is 43.7 Å². The molecule has 0 atom stereocenters. The van der Waals surface area contributed by atoms with E-state index in [-0.39, 0.29) is 18.1 Å². The number of hydrogen-bond donors (Lipinski definition) is 0. The van der Waals surface area contributed by atoms with Crippen LogP contribution in [0.25, 0.3) is 11.4 Å². The highest BCUT2D eigenvalue weighted by atomic mass is 19.4. The van der Waals surface area contributed by atoms with Gasteiger partial charge >= 0.3 is 6.18 Å². The molecule has 1 aromatic heterocycles. The van der Waals surface area contributed by atoms with E-state index in [4.69, 9.17) is 18.9 Å². The number of benzene rings is 3. The van der Waals surface area contributed by atoms with E-state index < -0.39 is 11.9 Å². The lowest BCUT2D eigenvalue weighted by atomic mass is 10.1. The summed E-state index contributed by atoms with van der Waals surface area (Å²) in [6, 6.07) is 20.4. The van der Waals surface area contributed by atoms with Crippen molar-refractivity contribution in [2.24, 2.45) is 0 Å². The molecule has 0 fully saturated rings. The summed E-state index contributed by atoms with van der Waals surface area (Å²) < 4.78 is 68.6. The fourth-order valence-corrected chi connectivity index (χ4v) is 5.45. The summed E-state index contributed by atoms with van der Waals surface area (Å²) in [7, 11) is 1.51. The number of rotatable bonds is 13. The fraction of sp³-hybridized carbons (Fsp3) is 0.382. The van der Waals surface area contributed by atoms with Crippen LogP contribution in [0.15, 0.2) is 66.7 Å². The molecular weight excluding hydrogens is 571 g/mol. The second-order valence-corrected chi connectivity index (χ2v) is 10.6. The minimum absolute atomic E-state index is 0.00795. The summed E-state index contributed by atoms with van der Waals surface area (Å²) in [6.45, 7) is 6.52. The van der Waals surface area contributed by atoms with Gasteiger partial charge in [-0.05, 0) is 60.9 Å². The maximum absolute atomic E-state index is 14.7. The molecule has 0 amide bonds. The van der Waals surface area contributed by atoms with Crippen LogP contribution >= 0.6 is 0 Å². The monoisotopic (exact) mass is 609 g/mol. The van der Waals surface area contributed by atoms with Crippen molar-refractivity contribution in [2.75, 3.05) is 26.9 Å². The lowest BCUT2D eigenvalue weighted by molar-refractivity contribution is -0.141. The topological polar surface area (TPSA) is 58.0 Å². The van der Waals surface area contributed by atoms with Crippen LogP contribution in [-0.2, 0) is 32.4 Å². The van der Waals surface area contributed by atoms with Crippen LogP contribution in [0.3, 0.4) is 0 Å². The Morgan fingerprint density at radius 2 is 1.64 bits per heavy atom. The molecule has 0 saturated heterocycles. The number of aromatic nitrogens is 2. The normalized spacial score (nSPS) is 12.9. The van der Waals surface area contributed by atoms with Crippen LogP contribution in [0.5, 0.6) is 23.0 Å². The lowest BCUT2D eigenvalue weighted by Gasteiger charge is -2.26. The van der Waals surface area contributed by atoms with Gasteiger partial charge in [-0.25, -0.2) is 4.98 Å². The van der Waals surface area contributed by atoms with Gasteiger partial charge in [0.2, 0.25) is 0 Å². The summed E-state index contributed by atoms with van der Waals surface area (Å²) >= 11 is 0. The maximum atomic E-state index is 14.7. The molecule has 2 heterocycles. The smallest absolute Gasteiger partial charge is 0.435 e. The number of alkyl halides is 3. The van der Waals surface area contributed by atoms with Crippen LogP contribution in [-0.4, -0.2) is 41.4 Å². The van der Waals surface area contributed by atoms with Gasteiger partial charge in [0.15, 0.2) is 17.2 Å². The first-order valence-corrected chi connectivity index (χ1v) is 14.9. The SMILES string of the molecule is CCCCn1c(-c2ccccc2OC)nc(C(F)(F)F)c1CN(Cc1cccc(OCC)c1)Cc1ccc2c(c1)OCCO2. The van der Waals surface area contributed by atoms with Crippen LogP contribution in [0.2, 0.25) is 0 Å². The van der Waals surface area contributed by atoms with Crippen molar-refractivity contribution >= 4 is 0 Å². The van der Waals surface area contributed by atoms with E-state index in [1.165, 1.54) is 7.11 Å². The van der Waals surface area contributed by atoms with Crippen molar-refractivity contribution in [3.8, 4) is 34.4 Å². The van der Waals surface area contributed by atoms with Gasteiger partial charge in [-0.15, -0.1) is 0 Å². The zero-order valence-electron chi connectivity index (χ0n) is 25.3. The number of halogens is 3. The van der Waals surface area contributed by atoms with Crippen molar-refractivity contribution in [1.82, 2.24) is 14.5 Å². The summed E-state index contributed by atoms with van der Waals surface area (Å²) in [5, 5.41) is 0. The molecule has 4 aromatic rings. The molecule has 3 aromatic carbocycles. The van der Waals surface area contributed by atoms with E-state index >= 15 is 0 Å². The molecule has 1 aliphatic rings. The predicted molar refractivity (Wildman–Crippen MR) is 162 cm³/mol. The van der Waals surface area contributed by atoms with Crippen molar-refractivity contribution in [1.29, 1.82) is 0 Å². The highest BCUT2D eigenvalue weighted by molar-refractivity contribution is 5.65. The lowest BCUT2D eigenvalue weighted by Crippen LogP contribution is -2.26. The third-order valence-electron chi connectivity index (χ3n) is 7.43. The Bertz CT molecular complexity index is 1550. The summed E-state index contributed by atoms with van der Waals surface area (Å²) in [6.07, 6.45) is -3.14. The Hall–Kier alpha value is -4.18. The fourth-order valence-electron chi connectivity index (χ4n) is 5.45. The minimum atomic E-state index is -4.65. The molecule has 0 saturated carbocycles. The van der Waals surface area contributed by atoms with E-state index in [0.717, 1.165) is 17.5 Å². The first-order chi connectivity index (χ1) is 21.3. The maximum Gasteiger partial charge on any atom is 0.435 e. The first kappa shape index (κ1) is 31.3. The van der Waals surface area contributed by atoms with Gasteiger partial charge in [0.25, 0.3) is 0 Å². The number of methoxy groups -OCH3 is 1. The average Bonchev–Trinajstić information content (AvgIpc) is 3.38. The quantitative estimate of drug-likeness (QED) is 0.155. The highest BCUT2D eigenvalue weighted by Gasteiger charge is 2.40. The van der Waals surface area contributed by atoms with E-state index in [1.54, 1.807) is 28.8 Å². The number of nitrogens with zero attached hydrogens (tertiary/aromatic N) is 3. The summed E-state index contributed by atoms with van der Waals surface area (Å²) in [4.78, 5) is 6.25. The number of unbranched alkanes of at least 4 members (excludes halogenated alkanes) is 1. The van der Waals surface area contributed by atoms with Crippen LogP contribution < -0.4 is 18.9 Å². The number of imidazole rings is 1. The second-order valence-electron chi connectivity index (χ2n) is 10.6. The average molecular weight is 610 g/mol. The summed E-state index contributed by atoms with van der Waals surface area (Å²) in [5.41, 5.74) is 1.57. The van der Waals surface area contributed by atoms with Crippen LogP contribution in [0.4, 0.5) is 13.2 Å². The molecule has 0 bridgehead atoms. The number of hydrogen-bond acceptors (Lipinski definition) is 6. The Kier molecular flexibility index (Phi) is 9.99. The third-order valence-corrected chi connectivity index (χ3v) is 7.43. The standard InChI is InChI=1S/C34H38F3N3O4/c1-4-6-16-40-28(32(34(35,36)37)38-33(40)27-12-7-8-13-29(27)41-3)23-39(21-24-10-9-11-26(19-24)42-5-2)22-25-14-15-30-31(20-25)44-18-17-43-30/h7-15,19-20H,4-6,16-18,21-23H2,1-3H3. The van der Waals surface area contributed by atoms with Gasteiger partial charge in [0, 0.05) is 26.2 Å². The Labute approximate surface area is 256 Å². The second kappa shape index (κ2) is 14.1. The predicted octanol–water partition coefficient (Wildman–Crippen LogP) is 7.75. The first-order valence-electron chi connectivity index (χ1n) is 14.9. The van der Waals surface area contributed by atoms with Gasteiger partial charge in [0.1, 0.15) is 30.5 Å². The Balaban J connectivity index is 1.59. The van der Waals surface area contributed by atoms with Gasteiger partial charge in [0.05, 0.1) is 25.0 Å². The third kappa shape index (κ3) is 7.30. The number of para-hydroxylation sites is 1. The van der Waals surface area contributed by atoms with E-state index in [2.05, 4.69) is 4.98 Å². The molecule has 5 rings (SSSR count). The van der Waals surface area contributed by atoms with Crippen LogP contribution in [0.1, 0.15) is 49.2 Å². The molecule has 10 heteroatoms. The van der Waals surface area contributed by atoms with Crippen LogP contribution in [0, 0.1) is 0 Å². The Morgan fingerprint density at radius 1 is 0.886 bits per heavy atom. The zero-order chi connectivity index (χ0) is 31.1.